The molecule has 0 unspecified atom stereocenters. The van der Waals surface area contributed by atoms with Crippen LogP contribution in [0.5, 0.6) is 5.75 Å². The molecule has 0 spiro atoms. The molecule has 3 atom stereocenters. The third-order valence-corrected chi connectivity index (χ3v) is 5.02. The smallest absolute Gasteiger partial charge is 0.223 e. The first-order chi connectivity index (χ1) is 13.6. The standard InChI is InChI=1S/C21H28N2O5/c1-27-18-5-3-2-4-15(18)12-22-20(25)11-16-8-9-17(19(13-24)28-16)23-21(26)10-14-6-7-14/h2-5,8-9,14,16-17,19,24H,6-7,10-13H2,1H3,(H,22,25)(H,23,26)/t16-,17+,19+/m0/s1. The number of carbonyl (C=O) groups is 2. The molecule has 0 aromatic heterocycles. The van der Waals surface area contributed by atoms with Gasteiger partial charge in [-0.3, -0.25) is 9.59 Å². The monoisotopic (exact) mass is 388 g/mol. The molecule has 28 heavy (non-hydrogen) atoms. The van der Waals surface area contributed by atoms with Crippen molar-refractivity contribution in [2.24, 2.45) is 5.92 Å². The molecule has 0 bridgehead atoms. The molecule has 152 valence electrons. The van der Waals surface area contributed by atoms with E-state index in [1.54, 1.807) is 13.2 Å². The quantitative estimate of drug-likeness (QED) is 0.554. The lowest BCUT2D eigenvalue weighted by Crippen LogP contribution is -2.49. The van der Waals surface area contributed by atoms with Crippen molar-refractivity contribution in [3.05, 3.63) is 42.0 Å². The van der Waals surface area contributed by atoms with Gasteiger partial charge in [-0.25, -0.2) is 0 Å². The van der Waals surface area contributed by atoms with Crippen molar-refractivity contribution in [1.29, 1.82) is 0 Å². The largest absolute Gasteiger partial charge is 0.496 e. The molecule has 1 heterocycles. The molecule has 2 aliphatic rings. The molecule has 0 radical (unpaired) electrons. The molecule has 7 heteroatoms. The Kier molecular flexibility index (Phi) is 7.06. The molecular weight excluding hydrogens is 360 g/mol. The maximum atomic E-state index is 12.3. The number of hydrogen-bond donors (Lipinski definition) is 3. The lowest BCUT2D eigenvalue weighted by Gasteiger charge is -2.31. The van der Waals surface area contributed by atoms with E-state index in [0.717, 1.165) is 24.2 Å². The van der Waals surface area contributed by atoms with E-state index >= 15 is 0 Å². The van der Waals surface area contributed by atoms with Gasteiger partial charge in [0, 0.05) is 18.5 Å². The summed E-state index contributed by atoms with van der Waals surface area (Å²) in [7, 11) is 1.59. The Morgan fingerprint density at radius 2 is 1.96 bits per heavy atom. The first kappa shape index (κ1) is 20.4. The van der Waals surface area contributed by atoms with Crippen molar-refractivity contribution >= 4 is 11.8 Å². The summed E-state index contributed by atoms with van der Waals surface area (Å²) in [5.74, 6) is 1.04. The van der Waals surface area contributed by atoms with E-state index in [2.05, 4.69) is 10.6 Å². The summed E-state index contributed by atoms with van der Waals surface area (Å²) in [4.78, 5) is 24.3. The van der Waals surface area contributed by atoms with E-state index in [0.29, 0.717) is 18.9 Å². The van der Waals surface area contributed by atoms with Crippen molar-refractivity contribution < 1.29 is 24.2 Å². The highest BCUT2D eigenvalue weighted by Gasteiger charge is 2.31. The van der Waals surface area contributed by atoms with Crippen LogP contribution in [0.4, 0.5) is 0 Å². The van der Waals surface area contributed by atoms with Crippen LogP contribution in [0.2, 0.25) is 0 Å². The van der Waals surface area contributed by atoms with Crippen molar-refractivity contribution in [3.8, 4) is 5.75 Å². The molecule has 2 amide bonds. The van der Waals surface area contributed by atoms with Crippen molar-refractivity contribution in [1.82, 2.24) is 10.6 Å². The topological polar surface area (TPSA) is 96.9 Å². The summed E-state index contributed by atoms with van der Waals surface area (Å²) in [5.41, 5.74) is 0.894. The number of carbonyl (C=O) groups excluding carboxylic acids is 2. The molecule has 7 nitrogen and oxygen atoms in total. The average Bonchev–Trinajstić information content (AvgIpc) is 3.51. The van der Waals surface area contributed by atoms with Gasteiger partial charge in [0.05, 0.1) is 32.3 Å². The molecule has 1 aromatic rings. The fourth-order valence-corrected chi connectivity index (χ4v) is 3.26. The summed E-state index contributed by atoms with van der Waals surface area (Å²) in [6.07, 6.45) is 5.48. The number of nitrogens with one attached hydrogen (secondary N) is 2. The second kappa shape index (κ2) is 9.71. The zero-order valence-corrected chi connectivity index (χ0v) is 16.1. The predicted octanol–water partition coefficient (Wildman–Crippen LogP) is 1.30. The van der Waals surface area contributed by atoms with Crippen molar-refractivity contribution in [2.75, 3.05) is 13.7 Å². The van der Waals surface area contributed by atoms with E-state index < -0.39 is 12.2 Å². The SMILES string of the molecule is COc1ccccc1CNC(=O)C[C@@H]1C=C[C@@H](NC(=O)CC2CC2)[C@@H](CO)O1. The lowest BCUT2D eigenvalue weighted by molar-refractivity contribution is -0.128. The minimum Gasteiger partial charge on any atom is -0.496 e. The molecule has 1 aromatic carbocycles. The molecule has 1 fully saturated rings. The van der Waals surface area contributed by atoms with Crippen LogP contribution in [0.15, 0.2) is 36.4 Å². The van der Waals surface area contributed by atoms with E-state index in [-0.39, 0.29) is 30.9 Å². The molecule has 1 aliphatic carbocycles. The van der Waals surface area contributed by atoms with Crippen LogP contribution in [-0.2, 0) is 20.9 Å². The van der Waals surface area contributed by atoms with E-state index in [4.69, 9.17) is 9.47 Å². The summed E-state index contributed by atoms with van der Waals surface area (Å²) in [5, 5.41) is 15.4. The van der Waals surface area contributed by atoms with Gasteiger partial charge in [-0.05, 0) is 24.8 Å². The zero-order valence-electron chi connectivity index (χ0n) is 16.1. The number of benzene rings is 1. The highest BCUT2D eigenvalue weighted by atomic mass is 16.5. The van der Waals surface area contributed by atoms with Gasteiger partial charge in [-0.2, -0.15) is 0 Å². The Balaban J connectivity index is 1.48. The number of aliphatic hydroxyl groups excluding tert-OH is 1. The maximum Gasteiger partial charge on any atom is 0.223 e. The molecule has 3 rings (SSSR count). The Morgan fingerprint density at radius 1 is 1.18 bits per heavy atom. The molecule has 0 saturated heterocycles. The number of aliphatic hydroxyl groups is 1. The van der Waals surface area contributed by atoms with Gasteiger partial charge in [0.25, 0.3) is 0 Å². The van der Waals surface area contributed by atoms with Crippen molar-refractivity contribution in [3.63, 3.8) is 0 Å². The van der Waals surface area contributed by atoms with Crippen LogP contribution in [0, 0.1) is 5.92 Å². The number of para-hydroxylation sites is 1. The molecular formula is C21H28N2O5. The van der Waals surface area contributed by atoms with E-state index in [1.165, 1.54) is 0 Å². The lowest BCUT2D eigenvalue weighted by atomic mass is 10.0. The number of ether oxygens (including phenoxy) is 2. The summed E-state index contributed by atoms with van der Waals surface area (Å²) >= 11 is 0. The Labute approximate surface area is 165 Å². The van der Waals surface area contributed by atoms with Crippen LogP contribution in [0.1, 0.15) is 31.2 Å². The normalized spacial score (nSPS) is 23.9. The third-order valence-electron chi connectivity index (χ3n) is 5.02. The Bertz CT molecular complexity index is 717. The van der Waals surface area contributed by atoms with E-state index in [1.807, 2.05) is 30.3 Å². The second-order valence-electron chi connectivity index (χ2n) is 7.31. The second-order valence-corrected chi connectivity index (χ2v) is 7.31. The highest BCUT2D eigenvalue weighted by Crippen LogP contribution is 2.32. The van der Waals surface area contributed by atoms with Gasteiger partial charge in [0.2, 0.25) is 11.8 Å². The molecule has 1 aliphatic heterocycles. The fourth-order valence-electron chi connectivity index (χ4n) is 3.26. The summed E-state index contributed by atoms with van der Waals surface area (Å²) in [6, 6.07) is 7.13. The van der Waals surface area contributed by atoms with Gasteiger partial charge in [-0.1, -0.05) is 30.4 Å². The van der Waals surface area contributed by atoms with Gasteiger partial charge < -0.3 is 25.2 Å². The number of methoxy groups -OCH3 is 1. The van der Waals surface area contributed by atoms with Gasteiger partial charge in [0.15, 0.2) is 0 Å². The Hall–Kier alpha value is -2.38. The van der Waals surface area contributed by atoms with E-state index in [9.17, 15) is 14.7 Å². The predicted molar refractivity (Wildman–Crippen MR) is 104 cm³/mol. The van der Waals surface area contributed by atoms with Crippen LogP contribution in [0.3, 0.4) is 0 Å². The van der Waals surface area contributed by atoms with Crippen molar-refractivity contribution in [2.45, 2.75) is 50.5 Å². The maximum absolute atomic E-state index is 12.3. The summed E-state index contributed by atoms with van der Waals surface area (Å²) < 4.78 is 11.1. The fraction of sp³-hybridized carbons (Fsp3) is 0.524. The number of hydrogen-bond acceptors (Lipinski definition) is 5. The third kappa shape index (κ3) is 5.81. The van der Waals surface area contributed by atoms with Gasteiger partial charge >= 0.3 is 0 Å². The van der Waals surface area contributed by atoms with Crippen LogP contribution in [0.25, 0.3) is 0 Å². The first-order valence-electron chi connectivity index (χ1n) is 9.71. The van der Waals surface area contributed by atoms with Crippen LogP contribution in [-0.4, -0.2) is 48.9 Å². The summed E-state index contributed by atoms with van der Waals surface area (Å²) in [6.45, 7) is 0.139. The molecule has 1 saturated carbocycles. The number of amides is 2. The van der Waals surface area contributed by atoms with Crippen LogP contribution >= 0.6 is 0 Å². The zero-order chi connectivity index (χ0) is 19.9. The first-order valence-corrected chi connectivity index (χ1v) is 9.71. The highest BCUT2D eigenvalue weighted by molar-refractivity contribution is 5.77. The van der Waals surface area contributed by atoms with Crippen LogP contribution < -0.4 is 15.4 Å². The minimum atomic E-state index is -0.555. The minimum absolute atomic E-state index is 0.0211. The van der Waals surface area contributed by atoms with Gasteiger partial charge in [-0.15, -0.1) is 0 Å². The van der Waals surface area contributed by atoms with Gasteiger partial charge in [0.1, 0.15) is 11.9 Å². The Morgan fingerprint density at radius 3 is 2.68 bits per heavy atom. The molecule has 3 N–H and O–H groups in total. The number of rotatable bonds is 9. The average molecular weight is 388 g/mol.